The van der Waals surface area contributed by atoms with Crippen LogP contribution in [-0.2, 0) is 9.59 Å². The third-order valence-corrected chi connectivity index (χ3v) is 5.13. The summed E-state index contributed by atoms with van der Waals surface area (Å²) >= 11 is 0. The van der Waals surface area contributed by atoms with Crippen LogP contribution in [0.25, 0.3) is 10.9 Å². The van der Waals surface area contributed by atoms with Crippen molar-refractivity contribution in [3.63, 3.8) is 0 Å². The summed E-state index contributed by atoms with van der Waals surface area (Å²) in [6, 6.07) is 15.3. The second kappa shape index (κ2) is 6.50. The smallest absolute Gasteiger partial charge is 0.240 e. The molecule has 2 aromatic carbocycles. The number of anilines is 2. The topological polar surface area (TPSA) is 71.1 Å². The van der Waals surface area contributed by atoms with E-state index in [1.54, 1.807) is 6.20 Å². The molecule has 2 N–H and O–H groups in total. The lowest BCUT2D eigenvalue weighted by molar-refractivity contribution is -0.131. The van der Waals surface area contributed by atoms with Gasteiger partial charge in [0.25, 0.3) is 0 Å². The highest BCUT2D eigenvalue weighted by atomic mass is 16.2. The molecule has 1 aliphatic carbocycles. The van der Waals surface area contributed by atoms with Crippen LogP contribution in [0.3, 0.4) is 0 Å². The quantitative estimate of drug-likeness (QED) is 0.686. The number of nitrogens with zero attached hydrogens (tertiary/aromatic N) is 1. The van der Waals surface area contributed by atoms with Gasteiger partial charge in [-0.3, -0.25) is 14.6 Å². The number of hydrogen-bond acceptors (Lipinski definition) is 3. The van der Waals surface area contributed by atoms with Crippen molar-refractivity contribution in [1.82, 2.24) is 4.98 Å². The van der Waals surface area contributed by atoms with E-state index in [1.165, 1.54) is 0 Å². The summed E-state index contributed by atoms with van der Waals surface area (Å²) in [7, 11) is 0. The molecule has 0 unspecified atom stereocenters. The van der Waals surface area contributed by atoms with E-state index in [0.29, 0.717) is 18.5 Å². The highest BCUT2D eigenvalue weighted by Gasteiger charge is 2.56. The van der Waals surface area contributed by atoms with Gasteiger partial charge in [-0.2, -0.15) is 0 Å². The van der Waals surface area contributed by atoms with Crippen LogP contribution in [0.5, 0.6) is 0 Å². The molecule has 0 spiro atoms. The van der Waals surface area contributed by atoms with Gasteiger partial charge in [-0.15, -0.1) is 0 Å². The third kappa shape index (κ3) is 3.16. The van der Waals surface area contributed by atoms with Gasteiger partial charge in [0.1, 0.15) is 5.41 Å². The Labute approximate surface area is 157 Å². The lowest BCUT2D eigenvalue weighted by Gasteiger charge is -2.17. The van der Waals surface area contributed by atoms with Crippen molar-refractivity contribution in [3.8, 4) is 0 Å². The lowest BCUT2D eigenvalue weighted by Crippen LogP contribution is -2.35. The predicted molar refractivity (Wildman–Crippen MR) is 107 cm³/mol. The molecule has 1 saturated carbocycles. The van der Waals surface area contributed by atoms with Crippen molar-refractivity contribution in [1.29, 1.82) is 0 Å². The van der Waals surface area contributed by atoms with E-state index in [1.807, 2.05) is 62.4 Å². The number of hydrogen-bond donors (Lipinski definition) is 2. The zero-order chi connectivity index (χ0) is 19.0. The standard InChI is InChI=1S/C22H21N3O2/c1-14-8-9-17(15(2)13-14)24-20(26)22(10-11-22)21(27)25-18-7-3-5-16-6-4-12-23-19(16)18/h3-9,12-13H,10-11H2,1-2H3,(H,24,26)(H,25,27). The number of benzene rings is 2. The van der Waals surface area contributed by atoms with E-state index in [0.717, 1.165) is 27.7 Å². The molecule has 0 bridgehead atoms. The van der Waals surface area contributed by atoms with Gasteiger partial charge in [-0.05, 0) is 50.5 Å². The molecule has 1 aromatic heterocycles. The Bertz CT molecular complexity index is 1050. The van der Waals surface area contributed by atoms with Gasteiger partial charge in [0.2, 0.25) is 11.8 Å². The second-order valence-corrected chi connectivity index (χ2v) is 7.19. The second-order valence-electron chi connectivity index (χ2n) is 7.19. The summed E-state index contributed by atoms with van der Waals surface area (Å²) in [5.41, 5.74) is 3.21. The van der Waals surface area contributed by atoms with E-state index >= 15 is 0 Å². The monoisotopic (exact) mass is 359 g/mol. The van der Waals surface area contributed by atoms with Gasteiger partial charge in [0, 0.05) is 17.3 Å². The zero-order valence-corrected chi connectivity index (χ0v) is 15.4. The fraction of sp³-hybridized carbons (Fsp3) is 0.227. The van der Waals surface area contributed by atoms with E-state index in [2.05, 4.69) is 15.6 Å². The molecule has 2 amide bonds. The largest absolute Gasteiger partial charge is 0.325 e. The Kier molecular flexibility index (Phi) is 4.15. The Morgan fingerprint density at radius 2 is 1.63 bits per heavy atom. The fourth-order valence-corrected chi connectivity index (χ4v) is 3.33. The summed E-state index contributed by atoms with van der Waals surface area (Å²) in [6.45, 7) is 3.96. The van der Waals surface area contributed by atoms with Crippen LogP contribution >= 0.6 is 0 Å². The molecule has 1 aliphatic rings. The number of nitrogens with one attached hydrogen (secondary N) is 2. The molecule has 1 fully saturated rings. The summed E-state index contributed by atoms with van der Waals surface area (Å²) in [6.07, 6.45) is 2.79. The minimum absolute atomic E-state index is 0.250. The SMILES string of the molecule is Cc1ccc(NC(=O)C2(C(=O)Nc3cccc4cccnc34)CC2)c(C)c1. The lowest BCUT2D eigenvalue weighted by atomic mass is 10.0. The van der Waals surface area contributed by atoms with Gasteiger partial charge < -0.3 is 10.6 Å². The maximum absolute atomic E-state index is 12.9. The highest BCUT2D eigenvalue weighted by Crippen LogP contribution is 2.47. The fourth-order valence-electron chi connectivity index (χ4n) is 3.33. The van der Waals surface area contributed by atoms with Crippen LogP contribution in [0.15, 0.2) is 54.7 Å². The van der Waals surface area contributed by atoms with Crippen molar-refractivity contribution in [2.24, 2.45) is 5.41 Å². The van der Waals surface area contributed by atoms with Gasteiger partial charge in [-0.1, -0.05) is 35.9 Å². The van der Waals surface area contributed by atoms with Crippen LogP contribution in [0.4, 0.5) is 11.4 Å². The van der Waals surface area contributed by atoms with E-state index in [-0.39, 0.29) is 11.8 Å². The number of para-hydroxylation sites is 1. The van der Waals surface area contributed by atoms with Crippen molar-refractivity contribution < 1.29 is 9.59 Å². The number of rotatable bonds is 4. The number of carbonyl (C=O) groups excluding carboxylic acids is 2. The average molecular weight is 359 g/mol. The maximum Gasteiger partial charge on any atom is 0.240 e. The number of amides is 2. The Hall–Kier alpha value is -3.21. The van der Waals surface area contributed by atoms with Crippen LogP contribution < -0.4 is 10.6 Å². The average Bonchev–Trinajstić information content (AvgIpc) is 3.46. The van der Waals surface area contributed by atoms with Gasteiger partial charge in [0.15, 0.2) is 0 Å². The molecule has 5 nitrogen and oxygen atoms in total. The number of carbonyl (C=O) groups is 2. The van der Waals surface area contributed by atoms with E-state index < -0.39 is 5.41 Å². The first-order chi connectivity index (χ1) is 13.0. The number of aryl methyl sites for hydroxylation is 2. The molecular weight excluding hydrogens is 338 g/mol. The summed E-state index contributed by atoms with van der Waals surface area (Å²) in [5, 5.41) is 6.79. The minimum Gasteiger partial charge on any atom is -0.325 e. The predicted octanol–water partition coefficient (Wildman–Crippen LogP) is 4.21. The van der Waals surface area contributed by atoms with Gasteiger partial charge >= 0.3 is 0 Å². The number of pyridine rings is 1. The molecular formula is C22H21N3O2. The first kappa shape index (κ1) is 17.2. The van der Waals surface area contributed by atoms with E-state index in [9.17, 15) is 9.59 Å². The summed E-state index contributed by atoms with van der Waals surface area (Å²) in [5.74, 6) is -0.525. The molecule has 4 rings (SSSR count). The Morgan fingerprint density at radius 1 is 0.926 bits per heavy atom. The minimum atomic E-state index is -1.01. The van der Waals surface area contributed by atoms with Crippen LogP contribution in [0.1, 0.15) is 24.0 Å². The van der Waals surface area contributed by atoms with Crippen molar-refractivity contribution in [2.75, 3.05) is 10.6 Å². The van der Waals surface area contributed by atoms with E-state index in [4.69, 9.17) is 0 Å². The Morgan fingerprint density at radius 3 is 2.33 bits per heavy atom. The molecule has 27 heavy (non-hydrogen) atoms. The van der Waals surface area contributed by atoms with Crippen molar-refractivity contribution in [3.05, 3.63) is 65.9 Å². The van der Waals surface area contributed by atoms with Crippen molar-refractivity contribution >= 4 is 34.1 Å². The molecule has 136 valence electrons. The summed E-state index contributed by atoms with van der Waals surface area (Å²) < 4.78 is 0. The molecule has 1 heterocycles. The normalized spacial score (nSPS) is 14.6. The van der Waals surface area contributed by atoms with Gasteiger partial charge in [-0.25, -0.2) is 0 Å². The molecule has 3 aromatic rings. The third-order valence-electron chi connectivity index (χ3n) is 5.13. The van der Waals surface area contributed by atoms with Crippen molar-refractivity contribution in [2.45, 2.75) is 26.7 Å². The maximum atomic E-state index is 12.9. The molecule has 0 atom stereocenters. The molecule has 0 radical (unpaired) electrons. The highest BCUT2D eigenvalue weighted by molar-refractivity contribution is 6.18. The zero-order valence-electron chi connectivity index (χ0n) is 15.4. The van der Waals surface area contributed by atoms with Gasteiger partial charge in [0.05, 0.1) is 11.2 Å². The first-order valence-electron chi connectivity index (χ1n) is 9.03. The molecule has 0 aliphatic heterocycles. The first-order valence-corrected chi connectivity index (χ1v) is 9.03. The molecule has 0 saturated heterocycles. The molecule has 5 heteroatoms. The van der Waals surface area contributed by atoms with Crippen LogP contribution in [0, 0.1) is 19.3 Å². The summed E-state index contributed by atoms with van der Waals surface area (Å²) in [4.78, 5) is 30.1. The van der Waals surface area contributed by atoms with Crippen LogP contribution in [-0.4, -0.2) is 16.8 Å². The number of fused-ring (bicyclic) bond motifs is 1. The number of aromatic nitrogens is 1. The van der Waals surface area contributed by atoms with Crippen LogP contribution in [0.2, 0.25) is 0 Å². The Balaban J connectivity index is 1.55.